The summed E-state index contributed by atoms with van der Waals surface area (Å²) in [5.74, 6) is 0. The van der Waals surface area contributed by atoms with E-state index < -0.39 is 0 Å². The molecule has 1 atom stereocenters. The van der Waals surface area contributed by atoms with Crippen LogP contribution in [0.2, 0.25) is 0 Å². The average molecular weight is 193 g/mol. The van der Waals surface area contributed by atoms with Crippen molar-refractivity contribution in [1.82, 2.24) is 10.2 Å². The van der Waals surface area contributed by atoms with E-state index in [4.69, 9.17) is 4.74 Å². The van der Waals surface area contributed by atoms with Crippen molar-refractivity contribution in [2.24, 2.45) is 0 Å². The zero-order valence-corrected chi connectivity index (χ0v) is 8.32. The van der Waals surface area contributed by atoms with Gasteiger partial charge in [0, 0.05) is 19.6 Å². The van der Waals surface area contributed by atoms with Crippen LogP contribution >= 0.6 is 12.4 Å². The van der Waals surface area contributed by atoms with E-state index in [9.17, 15) is 0 Å². The maximum Gasteiger partial charge on any atom is 0.0944 e. The van der Waals surface area contributed by atoms with Gasteiger partial charge < -0.3 is 15.0 Å². The molecule has 12 heavy (non-hydrogen) atoms. The highest BCUT2D eigenvalue weighted by atomic mass is 35.5. The molecule has 72 valence electrons. The van der Waals surface area contributed by atoms with Gasteiger partial charge in [0.15, 0.2) is 0 Å². The van der Waals surface area contributed by atoms with Gasteiger partial charge >= 0.3 is 0 Å². The molecular formula is C8H17ClN2O. The molecule has 0 radical (unpaired) electrons. The highest BCUT2D eigenvalue weighted by Crippen LogP contribution is 2.23. The summed E-state index contributed by atoms with van der Waals surface area (Å²) in [5.41, 5.74) is 0.160. The molecule has 0 bridgehead atoms. The molecule has 2 aliphatic heterocycles. The predicted octanol–water partition coefficient (Wildman–Crippen LogP) is 0.102. The summed E-state index contributed by atoms with van der Waals surface area (Å²) < 4.78 is 5.79. The van der Waals surface area contributed by atoms with Crippen molar-refractivity contribution in [3.05, 3.63) is 0 Å². The van der Waals surface area contributed by atoms with Crippen molar-refractivity contribution < 1.29 is 4.74 Å². The largest absolute Gasteiger partial charge is 0.371 e. The van der Waals surface area contributed by atoms with E-state index in [0.717, 1.165) is 32.8 Å². The number of rotatable bonds is 0. The number of ether oxygens (including phenoxy) is 1. The Morgan fingerprint density at radius 2 is 2.33 bits per heavy atom. The third kappa shape index (κ3) is 1.91. The van der Waals surface area contributed by atoms with E-state index in [1.807, 2.05) is 0 Å². The van der Waals surface area contributed by atoms with Crippen LogP contribution < -0.4 is 5.32 Å². The van der Waals surface area contributed by atoms with Gasteiger partial charge in [-0.1, -0.05) is 0 Å². The molecule has 2 aliphatic rings. The molecular weight excluding hydrogens is 176 g/mol. The normalized spacial score (nSPS) is 36.8. The second kappa shape index (κ2) is 3.92. The molecule has 0 aromatic heterocycles. The first kappa shape index (κ1) is 10.3. The molecule has 0 saturated carbocycles. The maximum absolute atomic E-state index is 5.79. The van der Waals surface area contributed by atoms with E-state index in [1.54, 1.807) is 0 Å². The SMILES string of the molecule is CN1CCOC2(CCNC2)C1.Cl. The van der Waals surface area contributed by atoms with Gasteiger partial charge in [0.1, 0.15) is 0 Å². The Morgan fingerprint density at radius 3 is 2.92 bits per heavy atom. The Bertz CT molecular complexity index is 148. The van der Waals surface area contributed by atoms with Crippen LogP contribution in [0.15, 0.2) is 0 Å². The van der Waals surface area contributed by atoms with Crippen LogP contribution in [0.4, 0.5) is 0 Å². The fourth-order valence-electron chi connectivity index (χ4n) is 2.01. The maximum atomic E-state index is 5.79. The van der Waals surface area contributed by atoms with E-state index in [0.29, 0.717) is 0 Å². The number of likely N-dealkylation sites (N-methyl/N-ethyl adjacent to an activating group) is 1. The Kier molecular flexibility index (Phi) is 3.35. The molecule has 1 N–H and O–H groups in total. The molecule has 2 saturated heterocycles. The van der Waals surface area contributed by atoms with Crippen molar-refractivity contribution in [1.29, 1.82) is 0 Å². The first-order valence-electron chi connectivity index (χ1n) is 4.34. The minimum absolute atomic E-state index is 0. The molecule has 2 rings (SSSR count). The van der Waals surface area contributed by atoms with Gasteiger partial charge in [0.2, 0.25) is 0 Å². The summed E-state index contributed by atoms with van der Waals surface area (Å²) in [7, 11) is 2.17. The Balaban J connectivity index is 0.000000720. The third-order valence-electron chi connectivity index (χ3n) is 2.64. The molecule has 4 heteroatoms. The summed E-state index contributed by atoms with van der Waals surface area (Å²) >= 11 is 0. The lowest BCUT2D eigenvalue weighted by Crippen LogP contribution is -2.51. The van der Waals surface area contributed by atoms with Gasteiger partial charge in [-0.3, -0.25) is 0 Å². The summed E-state index contributed by atoms with van der Waals surface area (Å²) in [6.07, 6.45) is 1.18. The number of halogens is 1. The van der Waals surface area contributed by atoms with Crippen molar-refractivity contribution in [3.8, 4) is 0 Å². The minimum Gasteiger partial charge on any atom is -0.371 e. The summed E-state index contributed by atoms with van der Waals surface area (Å²) in [5, 5.41) is 3.35. The van der Waals surface area contributed by atoms with E-state index >= 15 is 0 Å². The van der Waals surface area contributed by atoms with Crippen LogP contribution in [0.5, 0.6) is 0 Å². The number of nitrogens with one attached hydrogen (secondary N) is 1. The van der Waals surface area contributed by atoms with Gasteiger partial charge in [-0.15, -0.1) is 12.4 Å². The Hall–Kier alpha value is 0.170. The summed E-state index contributed by atoms with van der Waals surface area (Å²) in [6, 6.07) is 0. The number of hydrogen-bond acceptors (Lipinski definition) is 3. The fraction of sp³-hybridized carbons (Fsp3) is 1.00. The van der Waals surface area contributed by atoms with E-state index in [2.05, 4.69) is 17.3 Å². The van der Waals surface area contributed by atoms with Gasteiger partial charge in [-0.2, -0.15) is 0 Å². The lowest BCUT2D eigenvalue weighted by Gasteiger charge is -2.38. The van der Waals surface area contributed by atoms with Gasteiger partial charge in [0.05, 0.1) is 12.2 Å². The Labute approximate surface area is 79.9 Å². The number of morpholine rings is 1. The minimum atomic E-state index is 0. The third-order valence-corrected chi connectivity index (χ3v) is 2.64. The molecule has 0 aromatic rings. The Morgan fingerprint density at radius 1 is 1.50 bits per heavy atom. The lowest BCUT2D eigenvalue weighted by atomic mass is 10.0. The first-order chi connectivity index (χ1) is 5.31. The second-order valence-electron chi connectivity index (χ2n) is 3.70. The zero-order chi connectivity index (χ0) is 7.73. The molecule has 0 aliphatic carbocycles. The second-order valence-corrected chi connectivity index (χ2v) is 3.70. The fourth-order valence-corrected chi connectivity index (χ4v) is 2.01. The lowest BCUT2D eigenvalue weighted by molar-refractivity contribution is -0.0896. The predicted molar refractivity (Wildman–Crippen MR) is 50.9 cm³/mol. The summed E-state index contributed by atoms with van der Waals surface area (Å²) in [4.78, 5) is 2.36. The van der Waals surface area contributed by atoms with Crippen LogP contribution in [-0.4, -0.2) is 50.3 Å². The molecule has 3 nitrogen and oxygen atoms in total. The van der Waals surface area contributed by atoms with Crippen LogP contribution in [0.25, 0.3) is 0 Å². The van der Waals surface area contributed by atoms with Crippen molar-refractivity contribution >= 4 is 12.4 Å². The van der Waals surface area contributed by atoms with Gasteiger partial charge in [0.25, 0.3) is 0 Å². The zero-order valence-electron chi connectivity index (χ0n) is 7.51. The molecule has 1 spiro atoms. The number of nitrogens with zero attached hydrogens (tertiary/aromatic N) is 1. The van der Waals surface area contributed by atoms with Crippen molar-refractivity contribution in [2.75, 3.05) is 39.8 Å². The van der Waals surface area contributed by atoms with E-state index in [1.165, 1.54) is 6.42 Å². The highest BCUT2D eigenvalue weighted by molar-refractivity contribution is 5.85. The smallest absolute Gasteiger partial charge is 0.0944 e. The molecule has 0 amide bonds. The quantitative estimate of drug-likeness (QED) is 0.590. The van der Waals surface area contributed by atoms with Crippen LogP contribution in [0.1, 0.15) is 6.42 Å². The molecule has 2 fully saturated rings. The van der Waals surface area contributed by atoms with E-state index in [-0.39, 0.29) is 18.0 Å². The molecule has 2 heterocycles. The van der Waals surface area contributed by atoms with Crippen LogP contribution in [-0.2, 0) is 4.74 Å². The van der Waals surface area contributed by atoms with Crippen LogP contribution in [0, 0.1) is 0 Å². The first-order valence-corrected chi connectivity index (χ1v) is 4.34. The topological polar surface area (TPSA) is 24.5 Å². The van der Waals surface area contributed by atoms with Gasteiger partial charge in [-0.25, -0.2) is 0 Å². The van der Waals surface area contributed by atoms with Gasteiger partial charge in [-0.05, 0) is 20.0 Å². The van der Waals surface area contributed by atoms with Crippen molar-refractivity contribution in [2.45, 2.75) is 12.0 Å². The molecule has 1 unspecified atom stereocenters. The van der Waals surface area contributed by atoms with Crippen LogP contribution in [0.3, 0.4) is 0 Å². The molecule has 0 aromatic carbocycles. The highest BCUT2D eigenvalue weighted by Gasteiger charge is 2.37. The number of hydrogen-bond donors (Lipinski definition) is 1. The van der Waals surface area contributed by atoms with Crippen molar-refractivity contribution in [3.63, 3.8) is 0 Å². The average Bonchev–Trinajstić information content (AvgIpc) is 2.37. The monoisotopic (exact) mass is 192 g/mol. The standard InChI is InChI=1S/C8H16N2O.ClH/c1-10-4-5-11-8(7-10)2-3-9-6-8;/h9H,2-7H2,1H3;1H. The summed E-state index contributed by atoms with van der Waals surface area (Å²) in [6.45, 7) is 5.24.